The number of carbonyl (C=O) groups excluding carboxylic acids is 2. The minimum absolute atomic E-state index is 0.0271. The molecule has 3 heteroatoms. The van der Waals surface area contributed by atoms with Crippen LogP contribution in [0.3, 0.4) is 0 Å². The summed E-state index contributed by atoms with van der Waals surface area (Å²) in [6, 6.07) is 0. The topological polar surface area (TPSA) is 34.1 Å². The molecule has 0 aromatic carbocycles. The first kappa shape index (κ1) is 15.3. The molecule has 0 fully saturated rings. The van der Waals surface area contributed by atoms with Crippen molar-refractivity contribution in [2.24, 2.45) is 5.92 Å². The molecule has 0 spiro atoms. The highest BCUT2D eigenvalue weighted by Crippen LogP contribution is 2.18. The maximum Gasteiger partial charge on any atom is 0.158 e. The number of ketones is 2. The van der Waals surface area contributed by atoms with Crippen LogP contribution < -0.4 is 0 Å². The summed E-state index contributed by atoms with van der Waals surface area (Å²) >= 11 is 0. The van der Waals surface area contributed by atoms with Crippen molar-refractivity contribution < 1.29 is 9.59 Å². The van der Waals surface area contributed by atoms with Gasteiger partial charge in [-0.2, -0.15) is 0 Å². The molecule has 0 radical (unpaired) electrons. The van der Waals surface area contributed by atoms with Crippen molar-refractivity contribution in [3.05, 3.63) is 11.3 Å². The minimum Gasteiger partial charge on any atom is -0.295 e. The predicted octanol–water partition coefficient (Wildman–Crippen LogP) is 3.38. The van der Waals surface area contributed by atoms with Crippen LogP contribution in [0.5, 0.6) is 0 Å². The summed E-state index contributed by atoms with van der Waals surface area (Å²) in [4.78, 5) is 23.7. The monoisotopic (exact) mass is 240 g/mol. The van der Waals surface area contributed by atoms with Crippen molar-refractivity contribution in [1.82, 2.24) is 0 Å². The number of allylic oxidation sites excluding steroid dienone is 2. The molecule has 0 atom stereocenters. The van der Waals surface area contributed by atoms with E-state index in [0.717, 1.165) is 11.6 Å². The van der Waals surface area contributed by atoms with Crippen molar-refractivity contribution in [3.8, 4) is 0 Å². The zero-order chi connectivity index (χ0) is 12.9. The van der Waals surface area contributed by atoms with Gasteiger partial charge < -0.3 is 0 Å². The summed E-state index contributed by atoms with van der Waals surface area (Å²) in [6.07, 6.45) is 3.01. The van der Waals surface area contributed by atoms with Crippen LogP contribution in [0.1, 0.15) is 33.6 Å². The fraction of sp³-hybridized carbons (Fsp3) is 0.692. The van der Waals surface area contributed by atoms with Gasteiger partial charge in [-0.05, 0) is 17.7 Å². The molecule has 2 nitrogen and oxygen atoms in total. The zero-order valence-corrected chi connectivity index (χ0v) is 12.4. The Bertz CT molecular complexity index is 296. The Morgan fingerprint density at radius 3 is 2.00 bits per heavy atom. The van der Waals surface area contributed by atoms with Crippen LogP contribution in [0.2, 0.25) is 19.6 Å². The molecule has 0 saturated carbocycles. The second-order valence-electron chi connectivity index (χ2n) is 5.54. The molecule has 0 aliphatic carbocycles. The first-order valence-corrected chi connectivity index (χ1v) is 9.49. The Morgan fingerprint density at radius 1 is 1.19 bits per heavy atom. The average molecular weight is 240 g/mol. The van der Waals surface area contributed by atoms with E-state index in [4.69, 9.17) is 0 Å². The van der Waals surface area contributed by atoms with Crippen LogP contribution >= 0.6 is 0 Å². The van der Waals surface area contributed by atoms with Crippen LogP contribution in [0.25, 0.3) is 0 Å². The maximum absolute atomic E-state index is 12.0. The molecule has 92 valence electrons. The van der Waals surface area contributed by atoms with Crippen LogP contribution in [0, 0.1) is 5.92 Å². The van der Waals surface area contributed by atoms with Gasteiger partial charge >= 0.3 is 0 Å². The van der Waals surface area contributed by atoms with Gasteiger partial charge in [-0.15, -0.1) is 0 Å². The van der Waals surface area contributed by atoms with Crippen LogP contribution in [-0.2, 0) is 9.59 Å². The zero-order valence-electron chi connectivity index (χ0n) is 11.4. The second-order valence-corrected chi connectivity index (χ2v) is 10.6. The van der Waals surface area contributed by atoms with Crippen molar-refractivity contribution in [3.63, 3.8) is 0 Å². The molecule has 0 saturated heterocycles. The summed E-state index contributed by atoms with van der Waals surface area (Å²) in [5, 5.41) is 0.799. The summed E-state index contributed by atoms with van der Waals surface area (Å²) in [6.45, 7) is 12.1. The van der Waals surface area contributed by atoms with Gasteiger partial charge in [0.25, 0.3) is 0 Å². The largest absolute Gasteiger partial charge is 0.295 e. The molecule has 0 unspecified atom stereocenters. The van der Waals surface area contributed by atoms with Gasteiger partial charge in [0.2, 0.25) is 0 Å². The standard InChI is InChI=1S/C13H24O2Si/c1-7-8-11(14)13(16(4,5)6)9-12(15)10(2)3/h9-10H,7-8H2,1-6H3/b13-9-. The lowest BCUT2D eigenvalue weighted by atomic mass is 10.1. The highest BCUT2D eigenvalue weighted by molar-refractivity contribution is 6.87. The molecule has 0 aromatic rings. The Balaban J connectivity index is 5.11. The molecule has 0 bridgehead atoms. The minimum atomic E-state index is -1.70. The number of hydrogen-bond donors (Lipinski definition) is 0. The van der Waals surface area contributed by atoms with Gasteiger partial charge in [0.15, 0.2) is 11.6 Å². The third-order valence-electron chi connectivity index (χ3n) is 2.44. The number of Topliss-reactive ketones (excluding diaryl/α,β-unsaturated/α-hetero) is 1. The van der Waals surface area contributed by atoms with E-state index in [2.05, 4.69) is 19.6 Å². The smallest absolute Gasteiger partial charge is 0.158 e. The first-order valence-electron chi connectivity index (χ1n) is 5.99. The number of rotatable bonds is 6. The fourth-order valence-corrected chi connectivity index (χ4v) is 2.92. The van der Waals surface area contributed by atoms with E-state index < -0.39 is 8.07 Å². The van der Waals surface area contributed by atoms with Crippen LogP contribution in [0.15, 0.2) is 11.3 Å². The van der Waals surface area contributed by atoms with Gasteiger partial charge in [0.1, 0.15) is 0 Å². The normalized spacial score (nSPS) is 13.1. The molecule has 0 N–H and O–H groups in total. The highest BCUT2D eigenvalue weighted by Gasteiger charge is 2.26. The van der Waals surface area contributed by atoms with E-state index in [1.807, 2.05) is 20.8 Å². The van der Waals surface area contributed by atoms with Crippen molar-refractivity contribution in [1.29, 1.82) is 0 Å². The van der Waals surface area contributed by atoms with E-state index in [9.17, 15) is 9.59 Å². The molecule has 0 aliphatic heterocycles. The Morgan fingerprint density at radius 2 is 1.69 bits per heavy atom. The van der Waals surface area contributed by atoms with Gasteiger partial charge in [0, 0.05) is 12.3 Å². The van der Waals surface area contributed by atoms with E-state index in [1.165, 1.54) is 0 Å². The van der Waals surface area contributed by atoms with Gasteiger partial charge in [0.05, 0.1) is 8.07 Å². The number of carbonyl (C=O) groups is 2. The number of hydrogen-bond acceptors (Lipinski definition) is 2. The van der Waals surface area contributed by atoms with E-state index in [-0.39, 0.29) is 17.5 Å². The molecular weight excluding hydrogens is 216 g/mol. The van der Waals surface area contributed by atoms with Gasteiger partial charge in [-0.3, -0.25) is 9.59 Å². The predicted molar refractivity (Wildman–Crippen MR) is 71.2 cm³/mol. The Kier molecular flexibility index (Phi) is 5.87. The third kappa shape index (κ3) is 4.88. The first-order chi connectivity index (χ1) is 7.20. The molecule has 0 aliphatic rings. The van der Waals surface area contributed by atoms with Crippen molar-refractivity contribution in [2.45, 2.75) is 53.3 Å². The van der Waals surface area contributed by atoms with E-state index in [1.54, 1.807) is 6.08 Å². The summed E-state index contributed by atoms with van der Waals surface area (Å²) in [7, 11) is -1.70. The van der Waals surface area contributed by atoms with Gasteiger partial charge in [-0.1, -0.05) is 40.4 Å². The maximum atomic E-state index is 12.0. The van der Waals surface area contributed by atoms with Crippen molar-refractivity contribution >= 4 is 19.6 Å². The lowest BCUT2D eigenvalue weighted by Gasteiger charge is -2.20. The molecule has 16 heavy (non-hydrogen) atoms. The Hall–Kier alpha value is -0.703. The van der Waals surface area contributed by atoms with Gasteiger partial charge in [-0.25, -0.2) is 0 Å². The summed E-state index contributed by atoms with van der Waals surface area (Å²) < 4.78 is 0. The molecule has 0 heterocycles. The molecular formula is C13H24O2Si. The van der Waals surface area contributed by atoms with Crippen LogP contribution in [0.4, 0.5) is 0 Å². The third-order valence-corrected chi connectivity index (χ3v) is 4.48. The molecule has 0 rings (SSSR count). The molecule has 0 amide bonds. The van der Waals surface area contributed by atoms with Crippen LogP contribution in [-0.4, -0.2) is 19.6 Å². The Labute approximate surface area is 100 Å². The lowest BCUT2D eigenvalue weighted by Crippen LogP contribution is -2.30. The highest BCUT2D eigenvalue weighted by atomic mass is 28.3. The van der Waals surface area contributed by atoms with Crippen molar-refractivity contribution in [2.75, 3.05) is 0 Å². The van der Waals surface area contributed by atoms with E-state index >= 15 is 0 Å². The van der Waals surface area contributed by atoms with E-state index in [0.29, 0.717) is 6.42 Å². The SMILES string of the molecule is CCCC(=O)/C(=C/C(=O)C(C)C)[Si](C)(C)C. The quantitative estimate of drug-likeness (QED) is 0.527. The summed E-state index contributed by atoms with van der Waals surface area (Å²) in [5.74, 6) is 0.207. The average Bonchev–Trinajstić information content (AvgIpc) is 2.11. The second kappa shape index (κ2) is 6.14. The molecule has 0 aromatic heterocycles. The fourth-order valence-electron chi connectivity index (χ4n) is 1.39. The summed E-state index contributed by atoms with van der Waals surface area (Å²) in [5.41, 5.74) is 0. The lowest BCUT2D eigenvalue weighted by molar-refractivity contribution is -0.118.